The zero-order chi connectivity index (χ0) is 15.4. The van der Waals surface area contributed by atoms with E-state index < -0.39 is 0 Å². The highest BCUT2D eigenvalue weighted by molar-refractivity contribution is 6.31. The molecule has 0 radical (unpaired) electrons. The van der Waals surface area contributed by atoms with Gasteiger partial charge in [-0.15, -0.1) is 0 Å². The molecule has 1 saturated heterocycles. The van der Waals surface area contributed by atoms with Gasteiger partial charge in [0.2, 0.25) is 5.91 Å². The van der Waals surface area contributed by atoms with E-state index in [1.807, 2.05) is 36.1 Å². The number of benzene rings is 1. The average Bonchev–Trinajstić information content (AvgIpc) is 2.43. The zero-order valence-corrected chi connectivity index (χ0v) is 13.9. The number of likely N-dealkylation sites (tertiary alicyclic amines) is 1. The van der Waals surface area contributed by atoms with Crippen LogP contribution in [0.2, 0.25) is 5.02 Å². The summed E-state index contributed by atoms with van der Waals surface area (Å²) in [7, 11) is 0. The van der Waals surface area contributed by atoms with E-state index in [2.05, 4.69) is 19.2 Å². The predicted molar refractivity (Wildman–Crippen MR) is 87.4 cm³/mol. The highest BCUT2D eigenvalue weighted by atomic mass is 35.5. The Morgan fingerprint density at radius 2 is 1.95 bits per heavy atom. The van der Waals surface area contributed by atoms with Gasteiger partial charge in [-0.25, -0.2) is 0 Å². The molecule has 3 unspecified atom stereocenters. The Balaban J connectivity index is 1.88. The van der Waals surface area contributed by atoms with Crippen LogP contribution in [0, 0.1) is 11.8 Å². The molecule has 1 aliphatic heterocycles. The van der Waals surface area contributed by atoms with Gasteiger partial charge in [-0.2, -0.15) is 0 Å². The molecule has 1 aromatic rings. The van der Waals surface area contributed by atoms with Crippen LogP contribution in [0.4, 0.5) is 0 Å². The number of carbonyl (C=O) groups is 1. The molecule has 1 heterocycles. The van der Waals surface area contributed by atoms with Gasteiger partial charge in [-0.1, -0.05) is 43.6 Å². The van der Waals surface area contributed by atoms with E-state index >= 15 is 0 Å². The molecular formula is C17H25ClN2O. The van der Waals surface area contributed by atoms with Crippen LogP contribution >= 0.6 is 11.6 Å². The third-order valence-electron chi connectivity index (χ3n) is 4.15. The van der Waals surface area contributed by atoms with Crippen molar-refractivity contribution in [1.82, 2.24) is 10.2 Å². The predicted octanol–water partition coefficient (Wildman–Crippen LogP) is 3.50. The summed E-state index contributed by atoms with van der Waals surface area (Å²) in [5.41, 5.74) is 1.03. The van der Waals surface area contributed by atoms with Gasteiger partial charge in [0, 0.05) is 24.2 Å². The Kier molecular flexibility index (Phi) is 5.65. The first kappa shape index (κ1) is 16.3. The number of amides is 1. The largest absolute Gasteiger partial charge is 0.341 e. The second kappa shape index (κ2) is 7.28. The van der Waals surface area contributed by atoms with E-state index in [0.717, 1.165) is 23.7 Å². The van der Waals surface area contributed by atoms with Crippen LogP contribution in [-0.2, 0) is 4.79 Å². The first-order valence-electron chi connectivity index (χ1n) is 7.73. The molecule has 0 spiro atoms. The van der Waals surface area contributed by atoms with Crippen molar-refractivity contribution in [2.45, 2.75) is 33.2 Å². The van der Waals surface area contributed by atoms with Crippen molar-refractivity contribution < 1.29 is 4.79 Å². The highest BCUT2D eigenvalue weighted by Crippen LogP contribution is 2.23. The fourth-order valence-electron chi connectivity index (χ4n) is 3.16. The number of nitrogens with one attached hydrogen (secondary N) is 1. The smallest absolute Gasteiger partial charge is 0.236 e. The van der Waals surface area contributed by atoms with Gasteiger partial charge in [0.05, 0.1) is 6.54 Å². The van der Waals surface area contributed by atoms with Crippen LogP contribution in [0.1, 0.15) is 38.8 Å². The van der Waals surface area contributed by atoms with Gasteiger partial charge in [0.15, 0.2) is 0 Å². The fraction of sp³-hybridized carbons (Fsp3) is 0.588. The Morgan fingerprint density at radius 3 is 2.57 bits per heavy atom. The van der Waals surface area contributed by atoms with Crippen LogP contribution in [0.3, 0.4) is 0 Å². The molecule has 1 fully saturated rings. The van der Waals surface area contributed by atoms with Crippen molar-refractivity contribution >= 4 is 17.5 Å². The second-order valence-corrected chi connectivity index (χ2v) is 6.78. The van der Waals surface area contributed by atoms with Gasteiger partial charge >= 0.3 is 0 Å². The minimum absolute atomic E-state index is 0.0716. The van der Waals surface area contributed by atoms with Gasteiger partial charge in [-0.3, -0.25) is 4.79 Å². The molecule has 2 rings (SSSR count). The van der Waals surface area contributed by atoms with Crippen LogP contribution in [0.5, 0.6) is 0 Å². The van der Waals surface area contributed by atoms with Crippen LogP contribution in [-0.4, -0.2) is 30.4 Å². The summed E-state index contributed by atoms with van der Waals surface area (Å²) < 4.78 is 0. The number of halogens is 1. The van der Waals surface area contributed by atoms with Crippen molar-refractivity contribution in [3.8, 4) is 0 Å². The first-order chi connectivity index (χ1) is 9.97. The van der Waals surface area contributed by atoms with E-state index in [1.165, 1.54) is 6.42 Å². The normalized spacial score (nSPS) is 23.9. The monoisotopic (exact) mass is 308 g/mol. The maximum Gasteiger partial charge on any atom is 0.236 e. The van der Waals surface area contributed by atoms with E-state index in [4.69, 9.17) is 11.6 Å². The summed E-state index contributed by atoms with van der Waals surface area (Å²) in [4.78, 5) is 14.3. The number of hydrogen-bond acceptors (Lipinski definition) is 2. The van der Waals surface area contributed by atoms with E-state index in [-0.39, 0.29) is 11.9 Å². The minimum Gasteiger partial charge on any atom is -0.341 e. The molecule has 3 atom stereocenters. The molecule has 0 saturated carbocycles. The molecule has 0 bridgehead atoms. The molecule has 0 aliphatic carbocycles. The summed E-state index contributed by atoms with van der Waals surface area (Å²) in [6.07, 6.45) is 1.22. The average molecular weight is 309 g/mol. The lowest BCUT2D eigenvalue weighted by Crippen LogP contribution is -2.46. The number of carbonyl (C=O) groups excluding carboxylic acids is 1. The van der Waals surface area contributed by atoms with Gasteiger partial charge < -0.3 is 10.2 Å². The molecule has 4 heteroatoms. The molecular weight excluding hydrogens is 284 g/mol. The second-order valence-electron chi connectivity index (χ2n) is 6.37. The van der Waals surface area contributed by atoms with Crippen molar-refractivity contribution in [2.24, 2.45) is 11.8 Å². The van der Waals surface area contributed by atoms with Crippen molar-refractivity contribution in [2.75, 3.05) is 19.6 Å². The fourth-order valence-corrected chi connectivity index (χ4v) is 3.45. The summed E-state index contributed by atoms with van der Waals surface area (Å²) in [5.74, 6) is 1.38. The number of hydrogen-bond donors (Lipinski definition) is 1. The third kappa shape index (κ3) is 4.45. The molecule has 116 valence electrons. The van der Waals surface area contributed by atoms with Crippen LogP contribution < -0.4 is 5.32 Å². The highest BCUT2D eigenvalue weighted by Gasteiger charge is 2.25. The van der Waals surface area contributed by atoms with Gasteiger partial charge in [-0.05, 0) is 36.8 Å². The molecule has 1 amide bonds. The third-order valence-corrected chi connectivity index (χ3v) is 4.50. The summed E-state index contributed by atoms with van der Waals surface area (Å²) in [6.45, 7) is 8.60. The molecule has 21 heavy (non-hydrogen) atoms. The lowest BCUT2D eigenvalue weighted by atomic mass is 9.92. The lowest BCUT2D eigenvalue weighted by molar-refractivity contribution is -0.133. The number of rotatable bonds is 4. The molecule has 0 aromatic heterocycles. The van der Waals surface area contributed by atoms with E-state index in [9.17, 15) is 4.79 Å². The van der Waals surface area contributed by atoms with Crippen molar-refractivity contribution in [3.05, 3.63) is 34.9 Å². The Hall–Kier alpha value is -1.06. The summed E-state index contributed by atoms with van der Waals surface area (Å²) in [5, 5.41) is 4.03. The molecule has 1 N–H and O–H groups in total. The SMILES string of the molecule is CC1CC(C)CN(C(=O)CNC(C)c2ccccc2Cl)C1. The van der Waals surface area contributed by atoms with Crippen molar-refractivity contribution in [1.29, 1.82) is 0 Å². The maximum atomic E-state index is 12.3. The number of piperidine rings is 1. The minimum atomic E-state index is 0.0716. The Labute approximate surface area is 132 Å². The van der Waals surface area contributed by atoms with E-state index in [0.29, 0.717) is 18.4 Å². The lowest BCUT2D eigenvalue weighted by Gasteiger charge is -2.35. The topological polar surface area (TPSA) is 32.3 Å². The zero-order valence-electron chi connectivity index (χ0n) is 13.1. The van der Waals surface area contributed by atoms with Gasteiger partial charge in [0.25, 0.3) is 0 Å². The Morgan fingerprint density at radius 1 is 1.33 bits per heavy atom. The first-order valence-corrected chi connectivity index (χ1v) is 8.10. The van der Waals surface area contributed by atoms with Crippen LogP contribution in [0.15, 0.2) is 24.3 Å². The molecule has 1 aliphatic rings. The standard InChI is InChI=1S/C17H25ClN2O/c1-12-8-13(2)11-20(10-12)17(21)9-19-14(3)15-6-4-5-7-16(15)18/h4-7,12-14,19H,8-11H2,1-3H3. The summed E-state index contributed by atoms with van der Waals surface area (Å²) >= 11 is 6.19. The molecule has 3 nitrogen and oxygen atoms in total. The van der Waals surface area contributed by atoms with E-state index in [1.54, 1.807) is 0 Å². The number of nitrogens with zero attached hydrogens (tertiary/aromatic N) is 1. The quantitative estimate of drug-likeness (QED) is 0.923. The van der Waals surface area contributed by atoms with Gasteiger partial charge in [0.1, 0.15) is 0 Å². The molecule has 1 aromatic carbocycles. The Bertz CT molecular complexity index is 481. The van der Waals surface area contributed by atoms with Crippen molar-refractivity contribution in [3.63, 3.8) is 0 Å². The van der Waals surface area contributed by atoms with Crippen LogP contribution in [0.25, 0.3) is 0 Å². The maximum absolute atomic E-state index is 12.3. The summed E-state index contributed by atoms with van der Waals surface area (Å²) in [6, 6.07) is 7.83.